The lowest BCUT2D eigenvalue weighted by Gasteiger charge is -2.21. The Morgan fingerprint density at radius 2 is 1.45 bits per heavy atom. The van der Waals surface area contributed by atoms with Gasteiger partial charge < -0.3 is 0 Å². The van der Waals surface area contributed by atoms with Gasteiger partial charge >= 0.3 is 21.8 Å². The summed E-state index contributed by atoms with van der Waals surface area (Å²) < 4.78 is 98.7. The minimum Gasteiger partial charge on any atom is -0.245 e. The highest BCUT2D eigenvalue weighted by molar-refractivity contribution is 7.87. The van der Waals surface area contributed by atoms with Crippen LogP contribution in [0.3, 0.4) is 0 Å². The molecule has 114 valence electrons. The minimum absolute atomic E-state index is 0.0216. The van der Waals surface area contributed by atoms with Crippen molar-refractivity contribution in [1.29, 1.82) is 0 Å². The maximum absolute atomic E-state index is 12.6. The molecule has 0 bridgehead atoms. The van der Waals surface area contributed by atoms with Gasteiger partial charge in [0.05, 0.1) is 0 Å². The van der Waals surface area contributed by atoms with Crippen molar-refractivity contribution in [2.75, 3.05) is 0 Å². The molecule has 0 amide bonds. The fourth-order valence-corrected chi connectivity index (χ4v) is 1.83. The predicted molar refractivity (Wildman–Crippen MR) is 56.3 cm³/mol. The largest absolute Gasteiger partial charge is 0.523 e. The molecule has 0 fully saturated rings. The van der Waals surface area contributed by atoms with E-state index in [-0.39, 0.29) is 5.02 Å². The molecule has 0 saturated heterocycles. The number of hydrogen-bond donors (Lipinski definition) is 0. The van der Waals surface area contributed by atoms with Crippen LogP contribution < -0.4 is 0 Å². The Morgan fingerprint density at radius 1 is 1.00 bits per heavy atom. The zero-order valence-corrected chi connectivity index (χ0v) is 10.7. The van der Waals surface area contributed by atoms with E-state index in [0.717, 1.165) is 12.1 Å². The van der Waals surface area contributed by atoms with E-state index in [2.05, 4.69) is 4.18 Å². The lowest BCUT2D eigenvalue weighted by atomic mass is 10.1. The summed E-state index contributed by atoms with van der Waals surface area (Å²) in [5.74, 6) is 0. The normalized spacial score (nSPS) is 15.2. The molecule has 0 aliphatic rings. The second-order valence-electron chi connectivity index (χ2n) is 3.47. The molecule has 1 rings (SSSR count). The predicted octanol–water partition coefficient (Wildman–Crippen LogP) is 3.81. The molecule has 0 N–H and O–H groups in total. The van der Waals surface area contributed by atoms with E-state index in [9.17, 15) is 34.8 Å². The number of hydrogen-bond acceptors (Lipinski definition) is 3. The average Bonchev–Trinajstić information content (AvgIpc) is 2.24. The lowest BCUT2D eigenvalue weighted by molar-refractivity contribution is -0.200. The van der Waals surface area contributed by atoms with Gasteiger partial charge in [-0.05, 0) is 17.7 Å². The van der Waals surface area contributed by atoms with E-state index in [4.69, 9.17) is 11.6 Å². The van der Waals surface area contributed by atoms with Gasteiger partial charge in [0.25, 0.3) is 0 Å². The molecular weight excluding hydrogens is 338 g/mol. The molecule has 0 aromatic heterocycles. The molecular formula is C9H5ClF6O3S. The van der Waals surface area contributed by atoms with E-state index in [1.54, 1.807) is 0 Å². The maximum Gasteiger partial charge on any atom is 0.523 e. The molecule has 0 aliphatic carbocycles. The SMILES string of the molecule is O=S(=O)(O[C@@H](c1ccc(Cl)cc1)C(F)(F)F)C(F)(F)F. The van der Waals surface area contributed by atoms with Crippen molar-refractivity contribution >= 4 is 21.7 Å². The van der Waals surface area contributed by atoms with Crippen LogP contribution in [-0.2, 0) is 14.3 Å². The van der Waals surface area contributed by atoms with Crippen molar-refractivity contribution < 1.29 is 38.9 Å². The Hall–Kier alpha value is -1.00. The molecule has 0 saturated carbocycles. The Bertz CT molecular complexity index is 563. The van der Waals surface area contributed by atoms with E-state index >= 15 is 0 Å². The summed E-state index contributed by atoms with van der Waals surface area (Å²) in [4.78, 5) is 0. The first kappa shape index (κ1) is 17.1. The highest BCUT2D eigenvalue weighted by Gasteiger charge is 2.53. The summed E-state index contributed by atoms with van der Waals surface area (Å²) >= 11 is 5.42. The van der Waals surface area contributed by atoms with Crippen LogP contribution in [0.5, 0.6) is 0 Å². The number of halogens is 7. The zero-order chi connectivity index (χ0) is 15.8. The van der Waals surface area contributed by atoms with Gasteiger partial charge in [-0.3, -0.25) is 0 Å². The molecule has 0 unspecified atom stereocenters. The second kappa shape index (κ2) is 5.41. The monoisotopic (exact) mass is 342 g/mol. The fourth-order valence-electron chi connectivity index (χ4n) is 1.12. The minimum atomic E-state index is -6.39. The van der Waals surface area contributed by atoms with Gasteiger partial charge in [-0.15, -0.1) is 0 Å². The Morgan fingerprint density at radius 3 is 1.80 bits per heavy atom. The van der Waals surface area contributed by atoms with Crippen LogP contribution in [0.1, 0.15) is 11.7 Å². The number of rotatable bonds is 3. The van der Waals surface area contributed by atoms with Crippen molar-refractivity contribution in [3.63, 3.8) is 0 Å². The van der Waals surface area contributed by atoms with Gasteiger partial charge in [-0.2, -0.15) is 34.8 Å². The van der Waals surface area contributed by atoms with Gasteiger partial charge in [-0.1, -0.05) is 23.7 Å². The maximum atomic E-state index is 12.6. The van der Waals surface area contributed by atoms with Crippen LogP contribution in [0.15, 0.2) is 24.3 Å². The van der Waals surface area contributed by atoms with Crippen molar-refractivity contribution in [2.24, 2.45) is 0 Å². The van der Waals surface area contributed by atoms with Gasteiger partial charge in [0.2, 0.25) is 0 Å². The smallest absolute Gasteiger partial charge is 0.245 e. The molecule has 1 aromatic rings. The molecule has 3 nitrogen and oxygen atoms in total. The molecule has 11 heteroatoms. The summed E-state index contributed by atoms with van der Waals surface area (Å²) in [5, 5.41) is 0.0216. The average molecular weight is 343 g/mol. The molecule has 0 spiro atoms. The topological polar surface area (TPSA) is 43.4 Å². The summed E-state index contributed by atoms with van der Waals surface area (Å²) in [7, 11) is -6.39. The Labute approximate surface area is 114 Å². The lowest BCUT2D eigenvalue weighted by Crippen LogP contribution is -2.32. The molecule has 0 aliphatic heterocycles. The molecule has 1 atom stereocenters. The number of benzene rings is 1. The van der Waals surface area contributed by atoms with E-state index < -0.39 is 33.5 Å². The quantitative estimate of drug-likeness (QED) is 0.476. The highest BCUT2D eigenvalue weighted by atomic mass is 35.5. The summed E-state index contributed by atoms with van der Waals surface area (Å²) in [6.45, 7) is 0. The summed E-state index contributed by atoms with van der Waals surface area (Å²) in [5.41, 5.74) is -6.78. The van der Waals surface area contributed by atoms with Crippen LogP contribution >= 0.6 is 11.6 Å². The third-order valence-electron chi connectivity index (χ3n) is 1.98. The first-order valence-corrected chi connectivity index (χ1v) is 6.45. The fraction of sp³-hybridized carbons (Fsp3) is 0.333. The van der Waals surface area contributed by atoms with Crippen molar-refractivity contribution in [2.45, 2.75) is 17.8 Å². The zero-order valence-electron chi connectivity index (χ0n) is 9.17. The standard InChI is InChI=1S/C9H5ClF6O3S/c10-6-3-1-5(2-4-6)7(8(11,12)13)19-20(17,18)9(14,15)16/h1-4,7H/t7-/m0/s1. The van der Waals surface area contributed by atoms with Crippen LogP contribution in [0.25, 0.3) is 0 Å². The van der Waals surface area contributed by atoms with Crippen molar-refractivity contribution in [3.8, 4) is 0 Å². The molecule has 20 heavy (non-hydrogen) atoms. The third kappa shape index (κ3) is 4.00. The first-order valence-electron chi connectivity index (χ1n) is 4.66. The van der Waals surface area contributed by atoms with E-state index in [1.807, 2.05) is 0 Å². The van der Waals surface area contributed by atoms with Gasteiger partial charge in [0, 0.05) is 5.02 Å². The first-order chi connectivity index (χ1) is 8.84. The second-order valence-corrected chi connectivity index (χ2v) is 5.47. The third-order valence-corrected chi connectivity index (χ3v) is 3.24. The number of alkyl halides is 6. The van der Waals surface area contributed by atoms with Crippen molar-refractivity contribution in [1.82, 2.24) is 0 Å². The van der Waals surface area contributed by atoms with E-state index in [0.29, 0.717) is 12.1 Å². The van der Waals surface area contributed by atoms with Crippen LogP contribution in [0.2, 0.25) is 5.02 Å². The van der Waals surface area contributed by atoms with Crippen LogP contribution in [-0.4, -0.2) is 20.1 Å². The molecule has 0 heterocycles. The Balaban J connectivity index is 3.20. The summed E-state index contributed by atoms with van der Waals surface area (Å²) in [6, 6.07) is 3.34. The van der Waals surface area contributed by atoms with Crippen LogP contribution in [0, 0.1) is 0 Å². The van der Waals surface area contributed by atoms with E-state index in [1.165, 1.54) is 0 Å². The van der Waals surface area contributed by atoms with Gasteiger partial charge in [0.15, 0.2) is 6.10 Å². The molecule has 1 aromatic carbocycles. The molecule has 0 radical (unpaired) electrons. The van der Waals surface area contributed by atoms with Crippen molar-refractivity contribution in [3.05, 3.63) is 34.9 Å². The van der Waals surface area contributed by atoms with Gasteiger partial charge in [0.1, 0.15) is 0 Å². The highest BCUT2D eigenvalue weighted by Crippen LogP contribution is 2.40. The summed E-state index contributed by atoms with van der Waals surface area (Å²) in [6.07, 6.45) is -8.63. The van der Waals surface area contributed by atoms with Gasteiger partial charge in [-0.25, -0.2) is 4.18 Å². The van der Waals surface area contributed by atoms with Crippen LogP contribution in [0.4, 0.5) is 26.3 Å². The Kier molecular flexibility index (Phi) is 4.62.